The average Bonchev–Trinajstić information content (AvgIpc) is 2.98. The summed E-state index contributed by atoms with van der Waals surface area (Å²) in [5.41, 5.74) is 2.19. The van der Waals surface area contributed by atoms with Gasteiger partial charge in [0.25, 0.3) is 5.91 Å². The van der Waals surface area contributed by atoms with Crippen LogP contribution >= 0.6 is 0 Å². The van der Waals surface area contributed by atoms with Gasteiger partial charge in [-0.2, -0.15) is 4.31 Å². The Morgan fingerprint density at radius 1 is 0.931 bits per heavy atom. The fourth-order valence-corrected chi connectivity index (χ4v) is 5.05. The molecule has 0 atom stereocenters. The zero-order valence-corrected chi connectivity index (χ0v) is 18.3. The fraction of sp³-hybridized carbons (Fsp3) is 0.435. The van der Waals surface area contributed by atoms with Crippen molar-refractivity contribution in [2.24, 2.45) is 0 Å². The van der Waals surface area contributed by atoms with Crippen LogP contribution in [0.3, 0.4) is 0 Å². The summed E-state index contributed by atoms with van der Waals surface area (Å²) in [4.78, 5) is 12.8. The summed E-state index contributed by atoms with van der Waals surface area (Å²) >= 11 is 0. The van der Waals surface area contributed by atoms with E-state index in [0.29, 0.717) is 24.3 Å². The first kappa shape index (κ1) is 21.5. The largest absolute Gasteiger partial charge is 0.322 e. The quantitative estimate of drug-likeness (QED) is 0.781. The van der Waals surface area contributed by atoms with Crippen LogP contribution in [0.4, 0.5) is 5.69 Å². The third-order valence-electron chi connectivity index (χ3n) is 5.31. The lowest BCUT2D eigenvalue weighted by Crippen LogP contribution is -2.32. The first-order chi connectivity index (χ1) is 13.7. The Morgan fingerprint density at radius 2 is 1.55 bits per heavy atom. The van der Waals surface area contributed by atoms with E-state index in [0.717, 1.165) is 31.2 Å². The molecular formula is C23H30N2O3S. The molecule has 1 fully saturated rings. The van der Waals surface area contributed by atoms with Crippen molar-refractivity contribution in [3.05, 3.63) is 59.7 Å². The van der Waals surface area contributed by atoms with Gasteiger partial charge in [-0.15, -0.1) is 0 Å². The summed E-state index contributed by atoms with van der Waals surface area (Å²) in [5.74, 6) is -0.255. The summed E-state index contributed by atoms with van der Waals surface area (Å²) in [5, 5.41) is 2.82. The van der Waals surface area contributed by atoms with E-state index in [2.05, 4.69) is 26.1 Å². The zero-order valence-electron chi connectivity index (χ0n) is 17.4. The molecule has 2 aromatic carbocycles. The number of amides is 1. The third-order valence-corrected chi connectivity index (χ3v) is 7.20. The summed E-state index contributed by atoms with van der Waals surface area (Å²) in [6.45, 7) is 7.48. The first-order valence-corrected chi connectivity index (χ1v) is 11.6. The summed E-state index contributed by atoms with van der Waals surface area (Å²) < 4.78 is 27.5. The fourth-order valence-electron chi connectivity index (χ4n) is 3.49. The maximum Gasteiger partial charge on any atom is 0.255 e. The van der Waals surface area contributed by atoms with Crippen LogP contribution in [0, 0.1) is 0 Å². The Morgan fingerprint density at radius 3 is 2.14 bits per heavy atom. The topological polar surface area (TPSA) is 66.5 Å². The molecule has 0 bridgehead atoms. The van der Waals surface area contributed by atoms with Gasteiger partial charge < -0.3 is 5.32 Å². The van der Waals surface area contributed by atoms with E-state index in [4.69, 9.17) is 0 Å². The zero-order chi connectivity index (χ0) is 21.1. The second kappa shape index (κ2) is 8.67. The highest BCUT2D eigenvalue weighted by atomic mass is 32.2. The number of carbonyl (C=O) groups excluding carboxylic acids is 1. The highest BCUT2D eigenvalue weighted by Gasteiger charge is 2.25. The van der Waals surface area contributed by atoms with E-state index < -0.39 is 10.0 Å². The van der Waals surface area contributed by atoms with Gasteiger partial charge in [-0.25, -0.2) is 8.42 Å². The summed E-state index contributed by atoms with van der Waals surface area (Å²) in [6.07, 6.45) is 3.91. The standard InChI is InChI=1S/C23H30N2O3S/c1-23(2,3)19-13-11-18(12-14-19)22(26)24-20-9-8-10-21(17-20)29(27,28)25-15-6-4-5-7-16-25/h8-14,17H,4-7,15-16H2,1-3H3,(H,24,26). The van der Waals surface area contributed by atoms with Crippen LogP contribution < -0.4 is 5.32 Å². The van der Waals surface area contributed by atoms with Gasteiger partial charge in [-0.3, -0.25) is 4.79 Å². The molecule has 0 saturated carbocycles. The lowest BCUT2D eigenvalue weighted by molar-refractivity contribution is 0.102. The lowest BCUT2D eigenvalue weighted by atomic mass is 9.87. The second-order valence-electron chi connectivity index (χ2n) is 8.63. The van der Waals surface area contributed by atoms with E-state index in [1.165, 1.54) is 0 Å². The number of nitrogens with one attached hydrogen (secondary N) is 1. The smallest absolute Gasteiger partial charge is 0.255 e. The molecule has 6 heteroatoms. The molecule has 0 aliphatic carbocycles. The highest BCUT2D eigenvalue weighted by Crippen LogP contribution is 2.24. The molecule has 1 heterocycles. The predicted molar refractivity (Wildman–Crippen MR) is 117 cm³/mol. The van der Waals surface area contributed by atoms with Gasteiger partial charge in [0.2, 0.25) is 10.0 Å². The van der Waals surface area contributed by atoms with Crippen LogP contribution in [0.1, 0.15) is 62.4 Å². The van der Waals surface area contributed by atoms with Crippen molar-refractivity contribution in [2.75, 3.05) is 18.4 Å². The van der Waals surface area contributed by atoms with Crippen molar-refractivity contribution >= 4 is 21.6 Å². The van der Waals surface area contributed by atoms with Gasteiger partial charge >= 0.3 is 0 Å². The molecular weight excluding hydrogens is 384 g/mol. The molecule has 3 rings (SSSR count). The van der Waals surface area contributed by atoms with Gasteiger partial charge in [0.15, 0.2) is 0 Å². The first-order valence-electron chi connectivity index (χ1n) is 10.2. The van der Waals surface area contributed by atoms with E-state index in [-0.39, 0.29) is 16.2 Å². The minimum absolute atomic E-state index is 0.0189. The number of hydrogen-bond donors (Lipinski definition) is 1. The third kappa shape index (κ3) is 5.25. The van der Waals surface area contributed by atoms with E-state index >= 15 is 0 Å². The van der Waals surface area contributed by atoms with Crippen LogP contribution in [-0.4, -0.2) is 31.7 Å². The number of nitrogens with zero attached hydrogens (tertiary/aromatic N) is 1. The molecule has 0 aromatic heterocycles. The Labute approximate surface area is 174 Å². The Balaban J connectivity index is 1.76. The molecule has 0 unspecified atom stereocenters. The van der Waals surface area contributed by atoms with Crippen LogP contribution in [0.2, 0.25) is 0 Å². The Bertz CT molecular complexity index is 952. The molecule has 5 nitrogen and oxygen atoms in total. The number of hydrogen-bond acceptors (Lipinski definition) is 3. The molecule has 1 aliphatic rings. The SMILES string of the molecule is CC(C)(C)c1ccc(C(=O)Nc2cccc(S(=O)(=O)N3CCCCCC3)c2)cc1. The Hall–Kier alpha value is -2.18. The molecule has 2 aromatic rings. The summed E-state index contributed by atoms with van der Waals surface area (Å²) in [7, 11) is -3.55. The molecule has 0 radical (unpaired) electrons. The van der Waals surface area contributed by atoms with Crippen molar-refractivity contribution in [3.8, 4) is 0 Å². The number of carbonyl (C=O) groups is 1. The molecule has 156 valence electrons. The summed E-state index contributed by atoms with van der Waals surface area (Å²) in [6, 6.07) is 14.0. The van der Waals surface area contributed by atoms with Gasteiger partial charge in [0.1, 0.15) is 0 Å². The molecule has 1 amide bonds. The van der Waals surface area contributed by atoms with Crippen molar-refractivity contribution < 1.29 is 13.2 Å². The molecule has 1 N–H and O–H groups in total. The monoisotopic (exact) mass is 414 g/mol. The second-order valence-corrected chi connectivity index (χ2v) is 10.6. The van der Waals surface area contributed by atoms with Crippen LogP contribution in [0.25, 0.3) is 0 Å². The van der Waals surface area contributed by atoms with E-state index in [1.54, 1.807) is 40.7 Å². The predicted octanol–water partition coefficient (Wildman–Crippen LogP) is 4.80. The van der Waals surface area contributed by atoms with Gasteiger partial charge in [-0.05, 0) is 54.2 Å². The molecule has 0 spiro atoms. The molecule has 1 aliphatic heterocycles. The van der Waals surface area contributed by atoms with Crippen molar-refractivity contribution in [2.45, 2.75) is 56.8 Å². The average molecular weight is 415 g/mol. The van der Waals surface area contributed by atoms with Crippen molar-refractivity contribution in [3.63, 3.8) is 0 Å². The van der Waals surface area contributed by atoms with Gasteiger partial charge in [0.05, 0.1) is 4.90 Å². The van der Waals surface area contributed by atoms with Crippen LogP contribution in [0.5, 0.6) is 0 Å². The van der Waals surface area contributed by atoms with E-state index in [9.17, 15) is 13.2 Å². The van der Waals surface area contributed by atoms with Crippen molar-refractivity contribution in [1.82, 2.24) is 4.31 Å². The van der Waals surface area contributed by atoms with Crippen LogP contribution in [-0.2, 0) is 15.4 Å². The van der Waals surface area contributed by atoms with Crippen LogP contribution in [0.15, 0.2) is 53.4 Å². The number of benzene rings is 2. The maximum absolute atomic E-state index is 13.0. The maximum atomic E-state index is 13.0. The molecule has 29 heavy (non-hydrogen) atoms. The number of sulfonamides is 1. The normalized spacial score (nSPS) is 16.2. The van der Waals surface area contributed by atoms with Gasteiger partial charge in [-0.1, -0.05) is 51.8 Å². The number of rotatable bonds is 4. The highest BCUT2D eigenvalue weighted by molar-refractivity contribution is 7.89. The van der Waals surface area contributed by atoms with Crippen molar-refractivity contribution in [1.29, 1.82) is 0 Å². The minimum Gasteiger partial charge on any atom is -0.322 e. The lowest BCUT2D eigenvalue weighted by Gasteiger charge is -2.20. The number of anilines is 1. The Kier molecular flexibility index (Phi) is 6.44. The van der Waals surface area contributed by atoms with E-state index in [1.807, 2.05) is 12.1 Å². The minimum atomic E-state index is -3.55. The van der Waals surface area contributed by atoms with Gasteiger partial charge in [0, 0.05) is 24.3 Å². The molecule has 1 saturated heterocycles.